The van der Waals surface area contributed by atoms with Gasteiger partial charge in [-0.3, -0.25) is 0 Å². The van der Waals surface area contributed by atoms with Crippen LogP contribution in [0, 0.1) is 18.6 Å². The monoisotopic (exact) mass is 312 g/mol. The highest BCUT2D eigenvalue weighted by molar-refractivity contribution is 9.10. The molecule has 0 atom stereocenters. The van der Waals surface area contributed by atoms with Gasteiger partial charge in [0.25, 0.3) is 0 Å². The van der Waals surface area contributed by atoms with Crippen LogP contribution in [0.3, 0.4) is 0 Å². The van der Waals surface area contributed by atoms with Crippen LogP contribution in [0.5, 0.6) is 0 Å². The van der Waals surface area contributed by atoms with Gasteiger partial charge in [-0.25, -0.2) is 8.78 Å². The normalized spacial score (nSPS) is 10.4. The third-order valence-corrected chi connectivity index (χ3v) is 2.83. The second kappa shape index (κ2) is 4.94. The second-order valence-corrected chi connectivity index (χ2v) is 4.92. The van der Waals surface area contributed by atoms with Crippen molar-refractivity contribution in [1.82, 2.24) is 0 Å². The Morgan fingerprint density at radius 2 is 1.67 bits per heavy atom. The number of hydrogen-bond donors (Lipinski definition) is 2. The summed E-state index contributed by atoms with van der Waals surface area (Å²) in [6, 6.07) is 7.59. The fraction of sp³-hybridized carbons (Fsp3) is 0.0769. The Kier molecular flexibility index (Phi) is 3.52. The van der Waals surface area contributed by atoms with E-state index in [9.17, 15) is 8.78 Å². The van der Waals surface area contributed by atoms with Crippen molar-refractivity contribution in [2.75, 3.05) is 11.1 Å². The van der Waals surface area contributed by atoms with Crippen molar-refractivity contribution in [1.29, 1.82) is 0 Å². The van der Waals surface area contributed by atoms with Gasteiger partial charge >= 0.3 is 0 Å². The number of halogens is 3. The number of nitrogens with one attached hydrogen (secondary N) is 1. The summed E-state index contributed by atoms with van der Waals surface area (Å²) in [5.41, 5.74) is 6.78. The fourth-order valence-electron chi connectivity index (χ4n) is 1.66. The number of benzene rings is 2. The Bertz CT molecular complexity index is 556. The Morgan fingerprint density at radius 3 is 2.22 bits per heavy atom. The first kappa shape index (κ1) is 12.8. The minimum atomic E-state index is -0.717. The molecule has 0 aromatic heterocycles. The predicted octanol–water partition coefficient (Wildman–Crippen LogP) is 4.36. The van der Waals surface area contributed by atoms with Crippen LogP contribution < -0.4 is 11.1 Å². The molecule has 0 spiro atoms. The van der Waals surface area contributed by atoms with Crippen LogP contribution in [0.25, 0.3) is 0 Å². The number of anilines is 3. The molecule has 0 aliphatic carbocycles. The molecule has 2 aromatic carbocycles. The summed E-state index contributed by atoms with van der Waals surface area (Å²) in [7, 11) is 0. The molecule has 0 radical (unpaired) electrons. The molecule has 18 heavy (non-hydrogen) atoms. The third kappa shape index (κ3) is 2.79. The van der Waals surface area contributed by atoms with Gasteiger partial charge in [-0.15, -0.1) is 0 Å². The Balaban J connectivity index is 2.40. The Hall–Kier alpha value is -1.62. The van der Waals surface area contributed by atoms with E-state index >= 15 is 0 Å². The standard InChI is InChI=1S/C13H11BrF2N2/c1-7-2-8(14)4-10(3-7)18-13-11(15)5-9(17)6-12(13)16/h2-6,18H,17H2,1H3. The van der Waals surface area contributed by atoms with Crippen molar-refractivity contribution in [3.05, 3.63) is 52.0 Å². The van der Waals surface area contributed by atoms with Crippen LogP contribution in [-0.4, -0.2) is 0 Å². The average Bonchev–Trinajstić information content (AvgIpc) is 2.22. The first-order valence-electron chi connectivity index (χ1n) is 5.24. The molecule has 0 saturated carbocycles. The van der Waals surface area contributed by atoms with Crippen LogP contribution in [0.4, 0.5) is 25.8 Å². The van der Waals surface area contributed by atoms with Gasteiger partial charge in [-0.05, 0) is 42.8 Å². The number of hydrogen-bond acceptors (Lipinski definition) is 2. The van der Waals surface area contributed by atoms with Crippen LogP contribution in [0.15, 0.2) is 34.8 Å². The maximum absolute atomic E-state index is 13.6. The number of rotatable bonds is 2. The maximum Gasteiger partial charge on any atom is 0.151 e. The van der Waals surface area contributed by atoms with E-state index in [4.69, 9.17) is 5.73 Å². The molecule has 94 valence electrons. The summed E-state index contributed by atoms with van der Waals surface area (Å²) in [5, 5.41) is 2.71. The molecule has 2 aromatic rings. The van der Waals surface area contributed by atoms with E-state index in [1.165, 1.54) is 0 Å². The summed E-state index contributed by atoms with van der Waals surface area (Å²) in [5.74, 6) is -1.43. The van der Waals surface area contributed by atoms with Gasteiger partial charge in [0, 0.05) is 15.8 Å². The van der Waals surface area contributed by atoms with Crippen molar-refractivity contribution in [2.24, 2.45) is 0 Å². The molecule has 0 amide bonds. The maximum atomic E-state index is 13.6. The number of nitrogen functional groups attached to an aromatic ring is 1. The van der Waals surface area contributed by atoms with Gasteiger partial charge in [0.15, 0.2) is 11.6 Å². The van der Waals surface area contributed by atoms with Crippen molar-refractivity contribution in [2.45, 2.75) is 6.92 Å². The highest BCUT2D eigenvalue weighted by Crippen LogP contribution is 2.27. The van der Waals surface area contributed by atoms with Crippen molar-refractivity contribution in [3.8, 4) is 0 Å². The summed E-state index contributed by atoms with van der Waals surface area (Å²) < 4.78 is 28.0. The SMILES string of the molecule is Cc1cc(Br)cc(Nc2c(F)cc(N)cc2F)c1. The molecule has 0 aliphatic rings. The van der Waals surface area contributed by atoms with E-state index in [1.807, 2.05) is 13.0 Å². The predicted molar refractivity (Wildman–Crippen MR) is 72.9 cm³/mol. The van der Waals surface area contributed by atoms with E-state index in [2.05, 4.69) is 21.2 Å². The van der Waals surface area contributed by atoms with Gasteiger partial charge in [0.05, 0.1) is 0 Å². The molecule has 0 unspecified atom stereocenters. The lowest BCUT2D eigenvalue weighted by Crippen LogP contribution is -2.00. The fourth-order valence-corrected chi connectivity index (χ4v) is 2.27. The smallest absolute Gasteiger partial charge is 0.151 e. The Labute approximate surface area is 112 Å². The zero-order valence-corrected chi connectivity index (χ0v) is 11.2. The minimum absolute atomic E-state index is 0.0565. The van der Waals surface area contributed by atoms with Crippen LogP contribution in [-0.2, 0) is 0 Å². The van der Waals surface area contributed by atoms with Crippen LogP contribution >= 0.6 is 15.9 Å². The minimum Gasteiger partial charge on any atom is -0.399 e. The molecule has 2 rings (SSSR count). The summed E-state index contributed by atoms with van der Waals surface area (Å²) in [4.78, 5) is 0. The average molecular weight is 313 g/mol. The quantitative estimate of drug-likeness (QED) is 0.808. The lowest BCUT2D eigenvalue weighted by molar-refractivity contribution is 0.592. The van der Waals surface area contributed by atoms with Gasteiger partial charge in [-0.2, -0.15) is 0 Å². The molecule has 0 aliphatic heterocycles. The topological polar surface area (TPSA) is 38.0 Å². The van der Waals surface area contributed by atoms with Gasteiger partial charge < -0.3 is 11.1 Å². The highest BCUT2D eigenvalue weighted by Gasteiger charge is 2.10. The zero-order valence-electron chi connectivity index (χ0n) is 9.60. The van der Waals surface area contributed by atoms with Gasteiger partial charge in [0.1, 0.15) is 5.69 Å². The molecular formula is C13H11BrF2N2. The first-order valence-corrected chi connectivity index (χ1v) is 6.04. The second-order valence-electron chi connectivity index (χ2n) is 4.00. The zero-order chi connectivity index (χ0) is 13.3. The lowest BCUT2D eigenvalue weighted by atomic mass is 10.2. The molecular weight excluding hydrogens is 302 g/mol. The van der Waals surface area contributed by atoms with Gasteiger partial charge in [-0.1, -0.05) is 15.9 Å². The van der Waals surface area contributed by atoms with E-state index in [1.54, 1.807) is 12.1 Å². The molecule has 2 nitrogen and oxygen atoms in total. The summed E-state index contributed by atoms with van der Waals surface area (Å²) in [6.45, 7) is 1.89. The van der Waals surface area contributed by atoms with Gasteiger partial charge in [0.2, 0.25) is 0 Å². The van der Waals surface area contributed by atoms with Crippen molar-refractivity contribution in [3.63, 3.8) is 0 Å². The molecule has 0 fully saturated rings. The molecule has 5 heteroatoms. The van der Waals surface area contributed by atoms with Crippen LogP contribution in [0.1, 0.15) is 5.56 Å². The van der Waals surface area contributed by atoms with E-state index < -0.39 is 11.6 Å². The van der Waals surface area contributed by atoms with Crippen LogP contribution in [0.2, 0.25) is 0 Å². The van der Waals surface area contributed by atoms with Crippen molar-refractivity contribution < 1.29 is 8.78 Å². The molecule has 0 saturated heterocycles. The Morgan fingerprint density at radius 1 is 1.06 bits per heavy atom. The largest absolute Gasteiger partial charge is 0.399 e. The lowest BCUT2D eigenvalue weighted by Gasteiger charge is -2.10. The van der Waals surface area contributed by atoms with E-state index in [0.717, 1.165) is 22.2 Å². The number of aryl methyl sites for hydroxylation is 1. The molecule has 3 N–H and O–H groups in total. The van der Waals surface area contributed by atoms with E-state index in [0.29, 0.717) is 5.69 Å². The number of nitrogens with two attached hydrogens (primary N) is 1. The molecule has 0 heterocycles. The summed E-state index contributed by atoms with van der Waals surface area (Å²) in [6.07, 6.45) is 0. The molecule has 0 bridgehead atoms. The van der Waals surface area contributed by atoms with Crippen molar-refractivity contribution >= 4 is 33.0 Å². The van der Waals surface area contributed by atoms with E-state index in [-0.39, 0.29) is 11.4 Å². The first-order chi connectivity index (χ1) is 8.45. The third-order valence-electron chi connectivity index (χ3n) is 2.38. The summed E-state index contributed by atoms with van der Waals surface area (Å²) >= 11 is 3.33. The highest BCUT2D eigenvalue weighted by atomic mass is 79.9.